The number of benzene rings is 2. The van der Waals surface area contributed by atoms with Crippen LogP contribution in [0.3, 0.4) is 0 Å². The topological polar surface area (TPSA) is 61.8 Å². The Labute approximate surface area is 179 Å². The Balaban J connectivity index is 1.74. The largest absolute Gasteiger partial charge is 0.349 e. The van der Waals surface area contributed by atoms with E-state index < -0.39 is 15.8 Å². The van der Waals surface area contributed by atoms with Crippen LogP contribution in [0.5, 0.6) is 0 Å². The number of nitrogens with zero attached hydrogens (tertiary/aromatic N) is 2. The summed E-state index contributed by atoms with van der Waals surface area (Å²) in [5.41, 5.74) is 1.23. The minimum Gasteiger partial charge on any atom is -0.349 e. The molecule has 4 rings (SSSR count). The first-order valence-electron chi connectivity index (χ1n) is 9.31. The van der Waals surface area contributed by atoms with Gasteiger partial charge in [-0.2, -0.15) is 13.2 Å². The number of halogens is 3. The highest BCUT2D eigenvalue weighted by Crippen LogP contribution is 2.48. The third-order valence-electron chi connectivity index (χ3n) is 5.75. The Morgan fingerprint density at radius 2 is 1.76 bits per heavy atom. The molecule has 0 radical (unpaired) electrons. The molecule has 1 N–H and O–H groups in total. The van der Waals surface area contributed by atoms with Gasteiger partial charge in [0, 0.05) is 12.1 Å². The van der Waals surface area contributed by atoms with Gasteiger partial charge in [0.15, 0.2) is 5.84 Å². The second kappa shape index (κ2) is 7.45. The summed E-state index contributed by atoms with van der Waals surface area (Å²) in [5, 5.41) is 4.40. The summed E-state index contributed by atoms with van der Waals surface area (Å²) in [5.74, 6) is -0.244. The van der Waals surface area contributed by atoms with Crippen molar-refractivity contribution in [1.29, 1.82) is 0 Å². The number of amidine groups is 1. The van der Waals surface area contributed by atoms with Gasteiger partial charge in [-0.05, 0) is 56.9 Å². The Morgan fingerprint density at radius 3 is 2.24 bits per heavy atom. The van der Waals surface area contributed by atoms with Crippen LogP contribution >= 0.6 is 23.2 Å². The number of hydrazone groups is 1. The average molecular weight is 456 g/mol. The van der Waals surface area contributed by atoms with E-state index in [1.165, 1.54) is 12.1 Å². The van der Waals surface area contributed by atoms with Crippen LogP contribution in [0.1, 0.15) is 36.8 Å². The van der Waals surface area contributed by atoms with Crippen molar-refractivity contribution in [1.82, 2.24) is 9.73 Å². The molecule has 2 aromatic carbocycles. The third-order valence-corrected chi connectivity index (χ3v) is 7.57. The van der Waals surface area contributed by atoms with Gasteiger partial charge in [0.05, 0.1) is 20.5 Å². The van der Waals surface area contributed by atoms with Crippen molar-refractivity contribution in [2.24, 2.45) is 5.10 Å². The second-order valence-corrected chi connectivity index (χ2v) is 10.0. The number of sulfonamides is 1. The summed E-state index contributed by atoms with van der Waals surface area (Å²) in [6.07, 6.45) is 4.08. The van der Waals surface area contributed by atoms with Crippen LogP contribution in [0.4, 0.5) is 4.39 Å². The zero-order valence-electron chi connectivity index (χ0n) is 15.8. The summed E-state index contributed by atoms with van der Waals surface area (Å²) >= 11 is 12.6. The summed E-state index contributed by atoms with van der Waals surface area (Å²) < 4.78 is 39.1. The fourth-order valence-electron chi connectivity index (χ4n) is 3.86. The van der Waals surface area contributed by atoms with Gasteiger partial charge >= 0.3 is 0 Å². The number of aryl methyl sites for hydroxylation is 1. The highest BCUT2D eigenvalue weighted by atomic mass is 35.5. The molecule has 2 aromatic rings. The zero-order valence-corrected chi connectivity index (χ0v) is 18.1. The lowest BCUT2D eigenvalue weighted by Gasteiger charge is -2.59. The number of hydrogen-bond acceptors (Lipinski definition) is 3. The van der Waals surface area contributed by atoms with E-state index in [-0.39, 0.29) is 20.5 Å². The molecule has 5 nitrogen and oxygen atoms in total. The quantitative estimate of drug-likeness (QED) is 0.412. The molecule has 0 atom stereocenters. The van der Waals surface area contributed by atoms with Crippen LogP contribution in [0.15, 0.2) is 46.4 Å². The van der Waals surface area contributed by atoms with Crippen molar-refractivity contribution in [3.8, 4) is 0 Å². The van der Waals surface area contributed by atoms with Gasteiger partial charge in [0.2, 0.25) is 0 Å². The summed E-state index contributed by atoms with van der Waals surface area (Å²) in [6, 6.07) is 8.76. The van der Waals surface area contributed by atoms with Gasteiger partial charge in [-0.15, -0.1) is 5.10 Å². The molecule has 29 heavy (non-hydrogen) atoms. The molecule has 0 aromatic heterocycles. The van der Waals surface area contributed by atoms with E-state index >= 15 is 0 Å². The molecule has 2 fully saturated rings. The molecule has 2 aliphatic rings. The maximum absolute atomic E-state index is 13.7. The van der Waals surface area contributed by atoms with E-state index in [4.69, 9.17) is 23.2 Å². The fraction of sp³-hybridized carbons (Fsp3) is 0.350. The number of rotatable bonds is 4. The molecular formula is C20H20Cl2FN3O2S. The van der Waals surface area contributed by atoms with Crippen molar-refractivity contribution < 1.29 is 12.8 Å². The lowest BCUT2D eigenvalue weighted by Crippen LogP contribution is -2.66. The van der Waals surface area contributed by atoms with Gasteiger partial charge in [0.25, 0.3) is 10.0 Å². The molecule has 0 amide bonds. The van der Waals surface area contributed by atoms with Gasteiger partial charge in [-0.25, -0.2) is 4.39 Å². The van der Waals surface area contributed by atoms with Gasteiger partial charge in [0.1, 0.15) is 5.82 Å². The van der Waals surface area contributed by atoms with Crippen LogP contribution in [0.2, 0.25) is 10.0 Å². The predicted octanol–water partition coefficient (Wildman–Crippen LogP) is 4.71. The van der Waals surface area contributed by atoms with Crippen molar-refractivity contribution in [3.05, 3.63) is 63.4 Å². The van der Waals surface area contributed by atoms with Crippen molar-refractivity contribution >= 4 is 39.1 Å². The van der Waals surface area contributed by atoms with Crippen LogP contribution in [-0.2, 0) is 10.0 Å². The van der Waals surface area contributed by atoms with E-state index in [0.717, 1.165) is 43.4 Å². The lowest BCUT2D eigenvalue weighted by atomic mass is 9.67. The monoisotopic (exact) mass is 455 g/mol. The minimum absolute atomic E-state index is 0.0465. The Kier molecular flexibility index (Phi) is 5.25. The summed E-state index contributed by atoms with van der Waals surface area (Å²) in [4.78, 5) is 4.43. The van der Waals surface area contributed by atoms with Crippen LogP contribution in [0, 0.1) is 12.7 Å². The van der Waals surface area contributed by atoms with Crippen LogP contribution in [-0.4, -0.2) is 31.2 Å². The number of likely N-dealkylation sites (tertiary alicyclic amines) is 1. The number of hydrogen-bond donors (Lipinski definition) is 1. The van der Waals surface area contributed by atoms with Crippen molar-refractivity contribution in [2.75, 3.05) is 6.54 Å². The molecule has 1 spiro atoms. The normalized spacial score (nSPS) is 18.3. The number of nitrogens with one attached hydrogen (secondary N) is 1. The van der Waals surface area contributed by atoms with E-state index in [2.05, 4.69) is 9.93 Å². The average Bonchev–Trinajstić information content (AvgIpc) is 2.56. The van der Waals surface area contributed by atoms with E-state index in [0.29, 0.717) is 17.9 Å². The third kappa shape index (κ3) is 3.71. The highest BCUT2D eigenvalue weighted by molar-refractivity contribution is 7.89. The Hall–Kier alpha value is -1.83. The SMILES string of the molecule is Cc1ccc(S(=O)(=O)N/N=C(\c2c(Cl)cc(F)cc2Cl)N2CCC23CCC3)cc1. The maximum Gasteiger partial charge on any atom is 0.276 e. The predicted molar refractivity (Wildman–Crippen MR) is 112 cm³/mol. The van der Waals surface area contributed by atoms with Crippen LogP contribution < -0.4 is 4.83 Å². The molecule has 1 saturated heterocycles. The second-order valence-electron chi connectivity index (χ2n) is 7.57. The maximum atomic E-state index is 13.7. The molecule has 9 heteroatoms. The molecular weight excluding hydrogens is 436 g/mol. The summed E-state index contributed by atoms with van der Waals surface area (Å²) in [7, 11) is -3.88. The molecule has 1 heterocycles. The van der Waals surface area contributed by atoms with Gasteiger partial charge < -0.3 is 4.90 Å². The van der Waals surface area contributed by atoms with E-state index in [1.54, 1.807) is 12.1 Å². The Bertz CT molecular complexity index is 1050. The highest BCUT2D eigenvalue weighted by Gasteiger charge is 2.51. The standard InChI is InChI=1S/C20H20Cl2FN3O2S/c1-13-3-5-15(6-4-13)29(27,28)25-24-19(26-10-9-20(26)7-2-8-20)18-16(21)11-14(23)12-17(18)22/h3-6,11-12,25H,2,7-10H2,1H3/b24-19+. The first kappa shape index (κ1) is 20.4. The van der Waals surface area contributed by atoms with E-state index in [1.807, 2.05) is 11.8 Å². The van der Waals surface area contributed by atoms with Crippen LogP contribution in [0.25, 0.3) is 0 Å². The lowest BCUT2D eigenvalue weighted by molar-refractivity contribution is -0.0154. The van der Waals surface area contributed by atoms with Crippen molar-refractivity contribution in [3.63, 3.8) is 0 Å². The first-order valence-corrected chi connectivity index (χ1v) is 11.5. The zero-order chi connectivity index (χ0) is 20.8. The molecule has 1 saturated carbocycles. The first-order chi connectivity index (χ1) is 13.7. The molecule has 0 unspecified atom stereocenters. The van der Waals surface area contributed by atoms with Gasteiger partial charge in [-0.3, -0.25) is 0 Å². The molecule has 0 bridgehead atoms. The molecule has 1 aliphatic heterocycles. The fourth-order valence-corrected chi connectivity index (χ4v) is 5.29. The van der Waals surface area contributed by atoms with E-state index in [9.17, 15) is 12.8 Å². The van der Waals surface area contributed by atoms with Crippen molar-refractivity contribution in [2.45, 2.75) is 43.0 Å². The summed E-state index contributed by atoms with van der Waals surface area (Å²) in [6.45, 7) is 2.58. The minimum atomic E-state index is -3.88. The smallest absolute Gasteiger partial charge is 0.276 e. The molecule has 154 valence electrons. The molecule has 1 aliphatic carbocycles. The Morgan fingerprint density at radius 1 is 1.14 bits per heavy atom. The van der Waals surface area contributed by atoms with Gasteiger partial charge in [-0.1, -0.05) is 40.9 Å².